The summed E-state index contributed by atoms with van der Waals surface area (Å²) in [6, 6.07) is 36.0. The molecule has 2 N–H and O–H groups in total. The van der Waals surface area contributed by atoms with Crippen LogP contribution in [-0.4, -0.2) is 31.1 Å². The number of anilines is 3. The van der Waals surface area contributed by atoms with Crippen LogP contribution in [0.2, 0.25) is 10.1 Å². The van der Waals surface area contributed by atoms with E-state index in [4.69, 9.17) is 21.0 Å². The van der Waals surface area contributed by atoms with Crippen molar-refractivity contribution < 1.29 is 4.43 Å². The molecule has 0 aliphatic rings. The zero-order chi connectivity index (χ0) is 31.9. The van der Waals surface area contributed by atoms with E-state index in [0.29, 0.717) is 23.3 Å². The number of nitrogens with zero attached hydrogens (tertiary/aromatic N) is 2. The van der Waals surface area contributed by atoms with Crippen molar-refractivity contribution in [2.24, 2.45) is 0 Å². The standard InChI is InChI=1S/C37H41ClN4OSSi/c1-27-14-12-21-33(38)34(27)39-25-29-26-40-36(44-5)42-35(29)41-30-16-13-15-28(24-30)22-23-43-45(37(2,3)4,31-17-8-6-9-18-31)32-19-10-7-11-20-32/h6-21,24,26,39H,22-23,25H2,1-5H3,(H,40,41,42). The van der Waals surface area contributed by atoms with Crippen molar-refractivity contribution in [2.75, 3.05) is 23.5 Å². The van der Waals surface area contributed by atoms with Gasteiger partial charge in [0.15, 0.2) is 5.16 Å². The molecule has 0 bridgehead atoms. The molecule has 5 nitrogen and oxygen atoms in total. The summed E-state index contributed by atoms with van der Waals surface area (Å²) in [7, 11) is -2.59. The number of rotatable bonds is 12. The van der Waals surface area contributed by atoms with Gasteiger partial charge in [-0.3, -0.25) is 0 Å². The van der Waals surface area contributed by atoms with Gasteiger partial charge in [-0.1, -0.05) is 129 Å². The Morgan fingerprint density at radius 2 is 1.53 bits per heavy atom. The van der Waals surface area contributed by atoms with E-state index in [9.17, 15) is 0 Å². The number of hydrogen-bond donors (Lipinski definition) is 2. The zero-order valence-corrected chi connectivity index (χ0v) is 29.2. The largest absolute Gasteiger partial charge is 0.407 e. The summed E-state index contributed by atoms with van der Waals surface area (Å²) in [5.74, 6) is 0.771. The summed E-state index contributed by atoms with van der Waals surface area (Å²) in [5.41, 5.74) is 5.13. The van der Waals surface area contributed by atoms with Crippen LogP contribution in [0.3, 0.4) is 0 Å². The first-order valence-corrected chi connectivity index (χ1v) is 18.7. The lowest BCUT2D eigenvalue weighted by Crippen LogP contribution is -2.66. The van der Waals surface area contributed by atoms with Crippen LogP contribution in [0.5, 0.6) is 0 Å². The van der Waals surface area contributed by atoms with E-state index in [2.05, 4.69) is 121 Å². The maximum atomic E-state index is 7.15. The molecular formula is C37H41ClN4OSSi. The third-order valence-electron chi connectivity index (χ3n) is 8.02. The predicted octanol–water partition coefficient (Wildman–Crippen LogP) is 8.64. The van der Waals surface area contributed by atoms with Crippen molar-refractivity contribution in [3.05, 3.63) is 131 Å². The Labute approximate surface area is 278 Å². The molecule has 5 rings (SSSR count). The van der Waals surface area contributed by atoms with Crippen molar-refractivity contribution in [1.29, 1.82) is 0 Å². The van der Waals surface area contributed by atoms with E-state index in [1.165, 1.54) is 27.7 Å². The fraction of sp³-hybridized carbons (Fsp3) is 0.243. The van der Waals surface area contributed by atoms with Gasteiger partial charge in [-0.05, 0) is 64.3 Å². The number of hydrogen-bond acceptors (Lipinski definition) is 6. The summed E-state index contributed by atoms with van der Waals surface area (Å²) in [4.78, 5) is 9.34. The molecule has 0 atom stereocenters. The van der Waals surface area contributed by atoms with Gasteiger partial charge in [0, 0.05) is 30.6 Å². The average molecular weight is 653 g/mol. The highest BCUT2D eigenvalue weighted by atomic mass is 35.5. The van der Waals surface area contributed by atoms with Gasteiger partial charge in [0.05, 0.1) is 10.7 Å². The van der Waals surface area contributed by atoms with Crippen LogP contribution in [0.15, 0.2) is 114 Å². The molecule has 1 heterocycles. The molecule has 0 amide bonds. The third-order valence-corrected chi connectivity index (χ3v) is 13.9. The molecule has 0 aliphatic heterocycles. The fourth-order valence-corrected chi connectivity index (χ4v) is 11.0. The monoisotopic (exact) mass is 652 g/mol. The van der Waals surface area contributed by atoms with Crippen LogP contribution in [0.25, 0.3) is 0 Å². The minimum atomic E-state index is -2.59. The van der Waals surface area contributed by atoms with Crippen molar-refractivity contribution in [3.8, 4) is 0 Å². The first kappa shape index (κ1) is 32.8. The van der Waals surface area contributed by atoms with Gasteiger partial charge in [0.1, 0.15) is 5.82 Å². The van der Waals surface area contributed by atoms with Crippen molar-refractivity contribution in [3.63, 3.8) is 0 Å². The molecule has 4 aromatic carbocycles. The van der Waals surface area contributed by atoms with Gasteiger partial charge in [-0.15, -0.1) is 0 Å². The van der Waals surface area contributed by atoms with Gasteiger partial charge >= 0.3 is 0 Å². The number of benzene rings is 4. The Morgan fingerprint density at radius 1 is 0.867 bits per heavy atom. The number of aryl methyl sites for hydroxylation is 1. The van der Waals surface area contributed by atoms with Crippen molar-refractivity contribution in [2.45, 2.75) is 50.9 Å². The molecule has 1 aromatic heterocycles. The highest BCUT2D eigenvalue weighted by Gasteiger charge is 2.49. The molecule has 0 spiro atoms. The Bertz CT molecular complexity index is 1650. The highest BCUT2D eigenvalue weighted by molar-refractivity contribution is 7.98. The zero-order valence-electron chi connectivity index (χ0n) is 26.6. The lowest BCUT2D eigenvalue weighted by molar-refractivity contribution is 0.302. The maximum absolute atomic E-state index is 7.15. The molecule has 0 radical (unpaired) electrons. The Kier molecular flexibility index (Phi) is 10.7. The number of thioether (sulfide) groups is 1. The highest BCUT2D eigenvalue weighted by Crippen LogP contribution is 2.37. The minimum Gasteiger partial charge on any atom is -0.407 e. The van der Waals surface area contributed by atoms with Crippen LogP contribution in [0.1, 0.15) is 37.5 Å². The summed E-state index contributed by atoms with van der Waals surface area (Å²) in [5, 5.41) is 11.0. The van der Waals surface area contributed by atoms with Crippen LogP contribution in [0.4, 0.5) is 17.2 Å². The normalized spacial score (nSPS) is 11.8. The fourth-order valence-electron chi connectivity index (χ4n) is 5.79. The van der Waals surface area contributed by atoms with Crippen molar-refractivity contribution in [1.82, 2.24) is 9.97 Å². The number of aromatic nitrogens is 2. The van der Waals surface area contributed by atoms with Gasteiger partial charge in [-0.2, -0.15) is 0 Å². The minimum absolute atomic E-state index is 0.0614. The number of para-hydroxylation sites is 1. The second kappa shape index (κ2) is 14.6. The van der Waals surface area contributed by atoms with E-state index in [1.807, 2.05) is 37.6 Å². The van der Waals surface area contributed by atoms with E-state index < -0.39 is 8.32 Å². The molecule has 45 heavy (non-hydrogen) atoms. The first-order chi connectivity index (χ1) is 21.7. The smallest absolute Gasteiger partial charge is 0.261 e. The molecule has 0 saturated heterocycles. The summed E-state index contributed by atoms with van der Waals surface area (Å²) >= 11 is 7.99. The number of halogens is 1. The van der Waals surface area contributed by atoms with Gasteiger partial charge < -0.3 is 15.1 Å². The molecule has 0 saturated carbocycles. The SMILES string of the molecule is CSc1ncc(CNc2c(C)cccc2Cl)c(Nc2cccc(CCO[Si](c3ccccc3)(c3ccccc3)C(C)(C)C)c2)n1. The van der Waals surface area contributed by atoms with Gasteiger partial charge in [0.25, 0.3) is 8.32 Å². The molecular weight excluding hydrogens is 612 g/mol. The average Bonchev–Trinajstić information content (AvgIpc) is 3.04. The lowest BCUT2D eigenvalue weighted by atomic mass is 10.1. The lowest BCUT2D eigenvalue weighted by Gasteiger charge is -2.43. The molecule has 5 aromatic rings. The van der Waals surface area contributed by atoms with Crippen LogP contribution in [-0.2, 0) is 17.4 Å². The topological polar surface area (TPSA) is 59.1 Å². The number of nitrogens with one attached hydrogen (secondary N) is 2. The van der Waals surface area contributed by atoms with E-state index in [1.54, 1.807) is 0 Å². The quantitative estimate of drug-likeness (QED) is 0.0799. The summed E-state index contributed by atoms with van der Waals surface area (Å²) < 4.78 is 7.15. The van der Waals surface area contributed by atoms with Crippen LogP contribution >= 0.6 is 23.4 Å². The molecule has 0 fully saturated rings. The van der Waals surface area contributed by atoms with Crippen molar-refractivity contribution >= 4 is 59.2 Å². The summed E-state index contributed by atoms with van der Waals surface area (Å²) in [6.45, 7) is 10.1. The first-order valence-electron chi connectivity index (χ1n) is 15.2. The second-order valence-corrected chi connectivity index (χ2v) is 17.6. The second-order valence-electron chi connectivity index (χ2n) is 12.1. The van der Waals surface area contributed by atoms with Gasteiger partial charge in [0.2, 0.25) is 0 Å². The predicted molar refractivity (Wildman–Crippen MR) is 194 cm³/mol. The molecule has 232 valence electrons. The van der Waals surface area contributed by atoms with E-state index >= 15 is 0 Å². The molecule has 0 unspecified atom stereocenters. The molecule has 8 heteroatoms. The third kappa shape index (κ3) is 7.61. The van der Waals surface area contributed by atoms with Crippen LogP contribution in [0, 0.1) is 6.92 Å². The Balaban J connectivity index is 1.35. The molecule has 0 aliphatic carbocycles. The maximum Gasteiger partial charge on any atom is 0.261 e. The van der Waals surface area contributed by atoms with Gasteiger partial charge in [-0.25, -0.2) is 9.97 Å². The van der Waals surface area contributed by atoms with E-state index in [-0.39, 0.29) is 5.04 Å². The van der Waals surface area contributed by atoms with Crippen LogP contribution < -0.4 is 21.0 Å². The Morgan fingerprint density at radius 3 is 2.16 bits per heavy atom. The van der Waals surface area contributed by atoms with E-state index in [0.717, 1.165) is 34.7 Å². The Hall–Kier alpha value is -3.62. The summed E-state index contributed by atoms with van der Waals surface area (Å²) in [6.07, 6.45) is 4.65.